The van der Waals surface area contributed by atoms with E-state index in [1.165, 1.54) is 0 Å². The van der Waals surface area contributed by atoms with Gasteiger partial charge in [-0.25, -0.2) is 0 Å². The van der Waals surface area contributed by atoms with Crippen LogP contribution in [0, 0.1) is 0 Å². The number of aliphatic hydroxyl groups is 1. The van der Waals surface area contributed by atoms with Gasteiger partial charge in [-0.15, -0.1) is 0 Å². The number of rotatable bonds is 16. The summed E-state index contributed by atoms with van der Waals surface area (Å²) in [6, 6.07) is 21.4. The molecular formula is C34H43N3O6. The summed E-state index contributed by atoms with van der Waals surface area (Å²) >= 11 is 0. The first kappa shape index (κ1) is 32.3. The Morgan fingerprint density at radius 2 is 1.65 bits per heavy atom. The number of amides is 1. The number of aromatic nitrogens is 1. The molecule has 1 saturated heterocycles. The second-order valence-electron chi connectivity index (χ2n) is 11.2. The average molecular weight is 590 g/mol. The lowest BCUT2D eigenvalue weighted by atomic mass is 9.99. The molecule has 0 spiro atoms. The molecule has 3 N–H and O–H groups in total. The van der Waals surface area contributed by atoms with Crippen molar-refractivity contribution in [2.24, 2.45) is 0 Å². The van der Waals surface area contributed by atoms with Crippen LogP contribution < -0.4 is 5.32 Å². The zero-order chi connectivity index (χ0) is 30.4. The molecule has 1 amide bonds. The highest BCUT2D eigenvalue weighted by molar-refractivity contribution is 5.90. The van der Waals surface area contributed by atoms with E-state index in [9.17, 15) is 14.7 Å². The molecule has 3 aromatic rings. The molecule has 230 valence electrons. The van der Waals surface area contributed by atoms with E-state index < -0.39 is 12.3 Å². The second-order valence-corrected chi connectivity index (χ2v) is 11.2. The molecule has 4 rings (SSSR count). The zero-order valence-electron chi connectivity index (χ0n) is 24.9. The van der Waals surface area contributed by atoms with Crippen LogP contribution in [-0.2, 0) is 32.1 Å². The van der Waals surface area contributed by atoms with Crippen LogP contribution in [0.4, 0.5) is 5.69 Å². The maximum atomic E-state index is 12.4. The number of carbonyl (C=O) groups is 2. The van der Waals surface area contributed by atoms with Crippen molar-refractivity contribution >= 4 is 17.6 Å². The van der Waals surface area contributed by atoms with Gasteiger partial charge in [0.2, 0.25) is 5.91 Å². The van der Waals surface area contributed by atoms with Crippen LogP contribution >= 0.6 is 0 Å². The fourth-order valence-corrected chi connectivity index (χ4v) is 5.19. The van der Waals surface area contributed by atoms with Gasteiger partial charge < -0.3 is 29.9 Å². The Labute approximate surface area is 253 Å². The standard InChI is InChI=1S/C34H43N3O6/c1-37(21-19-28-8-6-7-20-35-28)23-30-22-31(26-13-11-25(24-38)12-14-26)43-34(42-30)27-15-17-29(18-16-27)36-32(39)9-4-2-3-5-10-33(40)41/h6-8,11-18,20,30-31,34,38H,2-5,9-10,19,21-24H2,1H3,(H,36,39)(H,40,41)/t30-,31+,34+/m0/s1. The number of unbranched alkanes of at least 4 members (excludes halogenated alkanes) is 3. The molecule has 9 nitrogen and oxygen atoms in total. The number of aliphatic carboxylic acids is 1. The Morgan fingerprint density at radius 3 is 2.33 bits per heavy atom. The van der Waals surface area contributed by atoms with Crippen LogP contribution in [-0.4, -0.2) is 58.2 Å². The quantitative estimate of drug-likeness (QED) is 0.183. The number of nitrogens with one attached hydrogen (secondary N) is 1. The summed E-state index contributed by atoms with van der Waals surface area (Å²) in [5.74, 6) is -0.840. The monoisotopic (exact) mass is 589 g/mol. The number of hydrogen-bond donors (Lipinski definition) is 3. The third kappa shape index (κ3) is 10.9. The molecule has 0 unspecified atom stereocenters. The number of nitrogens with zero attached hydrogens (tertiary/aromatic N) is 2. The predicted molar refractivity (Wildman–Crippen MR) is 164 cm³/mol. The summed E-state index contributed by atoms with van der Waals surface area (Å²) in [5.41, 5.74) is 4.53. The van der Waals surface area contributed by atoms with E-state index in [2.05, 4.69) is 22.2 Å². The van der Waals surface area contributed by atoms with E-state index in [4.69, 9.17) is 14.6 Å². The van der Waals surface area contributed by atoms with Gasteiger partial charge in [-0.05, 0) is 55.3 Å². The summed E-state index contributed by atoms with van der Waals surface area (Å²) in [6.07, 6.45) is 6.15. The van der Waals surface area contributed by atoms with Gasteiger partial charge >= 0.3 is 5.97 Å². The second kappa shape index (κ2) is 16.9. The van der Waals surface area contributed by atoms with Crippen LogP contribution in [0.25, 0.3) is 0 Å². The number of hydrogen-bond acceptors (Lipinski definition) is 7. The topological polar surface area (TPSA) is 121 Å². The number of benzene rings is 2. The first-order valence-electron chi connectivity index (χ1n) is 15.1. The van der Waals surface area contributed by atoms with Crippen LogP contribution in [0.1, 0.15) is 79.7 Å². The highest BCUT2D eigenvalue weighted by atomic mass is 16.7. The molecule has 2 aromatic carbocycles. The van der Waals surface area contributed by atoms with Crippen LogP contribution in [0.5, 0.6) is 0 Å². The van der Waals surface area contributed by atoms with Gasteiger partial charge in [-0.2, -0.15) is 0 Å². The van der Waals surface area contributed by atoms with Crippen molar-refractivity contribution in [2.45, 2.75) is 76.5 Å². The van der Waals surface area contributed by atoms with Crippen molar-refractivity contribution in [1.29, 1.82) is 0 Å². The summed E-state index contributed by atoms with van der Waals surface area (Å²) < 4.78 is 12.9. The summed E-state index contributed by atoms with van der Waals surface area (Å²) in [6.45, 7) is 1.59. The molecule has 3 atom stereocenters. The fourth-order valence-electron chi connectivity index (χ4n) is 5.19. The Hall–Kier alpha value is -3.63. The first-order valence-corrected chi connectivity index (χ1v) is 15.1. The summed E-state index contributed by atoms with van der Waals surface area (Å²) in [5, 5.41) is 21.1. The van der Waals surface area contributed by atoms with Gasteiger partial charge in [0, 0.05) is 61.9 Å². The number of likely N-dealkylation sites (N-methyl/N-ethyl adjacent to an activating group) is 1. The zero-order valence-corrected chi connectivity index (χ0v) is 24.9. The molecule has 1 aliphatic rings. The van der Waals surface area contributed by atoms with Gasteiger partial charge in [0.1, 0.15) is 0 Å². The summed E-state index contributed by atoms with van der Waals surface area (Å²) in [4.78, 5) is 29.7. The maximum Gasteiger partial charge on any atom is 0.303 e. The molecule has 1 aliphatic heterocycles. The van der Waals surface area contributed by atoms with Crippen molar-refractivity contribution < 1.29 is 29.3 Å². The first-order chi connectivity index (χ1) is 20.9. The highest BCUT2D eigenvalue weighted by Gasteiger charge is 2.32. The molecule has 2 heterocycles. The highest BCUT2D eigenvalue weighted by Crippen LogP contribution is 2.38. The number of carboxylic acids is 1. The van der Waals surface area contributed by atoms with Crippen LogP contribution in [0.3, 0.4) is 0 Å². The predicted octanol–water partition coefficient (Wildman–Crippen LogP) is 5.66. The number of carboxylic acid groups (broad SMARTS) is 1. The van der Waals surface area contributed by atoms with E-state index in [0.717, 1.165) is 61.2 Å². The van der Waals surface area contributed by atoms with Crippen molar-refractivity contribution in [3.8, 4) is 0 Å². The van der Waals surface area contributed by atoms with Crippen molar-refractivity contribution in [2.75, 3.05) is 25.5 Å². The normalized spacial score (nSPS) is 18.4. The molecule has 0 bridgehead atoms. The summed E-state index contributed by atoms with van der Waals surface area (Å²) in [7, 11) is 2.09. The maximum absolute atomic E-state index is 12.4. The van der Waals surface area contributed by atoms with Crippen LogP contribution in [0.2, 0.25) is 0 Å². The Bertz CT molecular complexity index is 1270. The van der Waals surface area contributed by atoms with E-state index in [1.807, 2.05) is 72.9 Å². The molecule has 0 saturated carbocycles. The van der Waals surface area contributed by atoms with Crippen LogP contribution in [0.15, 0.2) is 72.9 Å². The fraction of sp³-hybridized carbons (Fsp3) is 0.441. The van der Waals surface area contributed by atoms with Gasteiger partial charge in [0.05, 0.1) is 18.8 Å². The molecule has 0 aliphatic carbocycles. The number of ether oxygens (including phenoxy) is 2. The van der Waals surface area contributed by atoms with E-state index >= 15 is 0 Å². The molecular weight excluding hydrogens is 546 g/mol. The van der Waals surface area contributed by atoms with Crippen molar-refractivity contribution in [1.82, 2.24) is 9.88 Å². The van der Waals surface area contributed by atoms with Gasteiger partial charge in [-0.1, -0.05) is 55.3 Å². The minimum atomic E-state index is -0.781. The third-order valence-electron chi connectivity index (χ3n) is 7.62. The van der Waals surface area contributed by atoms with Gasteiger partial charge in [0.15, 0.2) is 6.29 Å². The number of pyridine rings is 1. The van der Waals surface area contributed by atoms with E-state index in [-0.39, 0.29) is 31.1 Å². The van der Waals surface area contributed by atoms with Crippen molar-refractivity contribution in [3.63, 3.8) is 0 Å². The number of carbonyl (C=O) groups excluding carboxylic acids is 1. The SMILES string of the molecule is CN(CCc1ccccn1)C[C@@H]1C[C@H](c2ccc(CO)cc2)O[C@H](c2ccc(NC(=O)CCCCCCC(=O)O)cc2)O1. The van der Waals surface area contributed by atoms with E-state index in [1.54, 1.807) is 0 Å². The Morgan fingerprint density at radius 1 is 0.930 bits per heavy atom. The largest absolute Gasteiger partial charge is 0.481 e. The minimum absolute atomic E-state index is 0.00306. The smallest absolute Gasteiger partial charge is 0.303 e. The third-order valence-corrected chi connectivity index (χ3v) is 7.62. The lowest BCUT2D eigenvalue weighted by Crippen LogP contribution is -2.38. The molecule has 9 heteroatoms. The minimum Gasteiger partial charge on any atom is -0.481 e. The number of aliphatic hydroxyl groups excluding tert-OH is 1. The van der Waals surface area contributed by atoms with E-state index in [0.29, 0.717) is 24.9 Å². The molecule has 0 radical (unpaired) electrons. The Balaban J connectivity index is 1.35. The molecule has 1 fully saturated rings. The van der Waals surface area contributed by atoms with Crippen molar-refractivity contribution in [3.05, 3.63) is 95.3 Å². The molecule has 43 heavy (non-hydrogen) atoms. The van der Waals surface area contributed by atoms with Gasteiger partial charge in [-0.3, -0.25) is 14.6 Å². The lowest BCUT2D eigenvalue weighted by Gasteiger charge is -2.38. The lowest BCUT2D eigenvalue weighted by molar-refractivity contribution is -0.252. The number of anilines is 1. The molecule has 1 aromatic heterocycles. The Kier molecular flexibility index (Phi) is 12.7. The average Bonchev–Trinajstić information content (AvgIpc) is 3.02. The van der Waals surface area contributed by atoms with Gasteiger partial charge in [0.25, 0.3) is 0 Å².